The molecule has 3 N–H and O–H groups in total. The zero-order valence-corrected chi connectivity index (χ0v) is 15.8. The molecule has 0 saturated carbocycles. The van der Waals surface area contributed by atoms with E-state index in [1.807, 2.05) is 17.1 Å². The zero-order valence-electron chi connectivity index (χ0n) is 15.0. The first-order valence-electron chi connectivity index (χ1n) is 8.52. The van der Waals surface area contributed by atoms with Crippen LogP contribution in [0.4, 0.5) is 5.13 Å². The zero-order chi connectivity index (χ0) is 19.0. The van der Waals surface area contributed by atoms with Gasteiger partial charge >= 0.3 is 0 Å². The molecule has 0 spiro atoms. The summed E-state index contributed by atoms with van der Waals surface area (Å²) in [5, 5.41) is 7.28. The van der Waals surface area contributed by atoms with Crippen LogP contribution < -0.4 is 16.3 Å². The number of furan rings is 1. The number of aromatic nitrogens is 1. The van der Waals surface area contributed by atoms with E-state index in [4.69, 9.17) is 15.4 Å². The topological polar surface area (TPSA) is 96.8 Å². The highest BCUT2D eigenvalue weighted by molar-refractivity contribution is 7.17. The van der Waals surface area contributed by atoms with Gasteiger partial charge in [0.2, 0.25) is 5.13 Å². The van der Waals surface area contributed by atoms with Crippen LogP contribution in [-0.2, 0) is 0 Å². The van der Waals surface area contributed by atoms with E-state index in [0.717, 1.165) is 17.0 Å². The van der Waals surface area contributed by atoms with Crippen molar-refractivity contribution in [2.45, 2.75) is 26.3 Å². The smallest absolute Gasteiger partial charge is 0.277 e. The molecular formula is C19H19N5O2S. The number of anilines is 1. The normalized spacial score (nSPS) is 16.5. The summed E-state index contributed by atoms with van der Waals surface area (Å²) in [6.45, 7) is 3.84. The second-order valence-corrected chi connectivity index (χ2v) is 7.35. The van der Waals surface area contributed by atoms with Crippen LogP contribution in [0.3, 0.4) is 0 Å². The average molecular weight is 381 g/mol. The summed E-state index contributed by atoms with van der Waals surface area (Å²) < 4.78 is 5.64. The lowest BCUT2D eigenvalue weighted by atomic mass is 10.0. The summed E-state index contributed by atoms with van der Waals surface area (Å²) in [6, 6.07) is 11.9. The molecule has 1 amide bonds. The predicted molar refractivity (Wildman–Crippen MR) is 105 cm³/mol. The molecule has 138 valence electrons. The molecule has 0 aliphatic carbocycles. The minimum absolute atomic E-state index is 0.115. The Morgan fingerprint density at radius 1 is 1.30 bits per heavy atom. The second-order valence-electron chi connectivity index (χ2n) is 6.38. The van der Waals surface area contributed by atoms with E-state index in [1.54, 1.807) is 13.2 Å². The lowest BCUT2D eigenvalue weighted by Crippen LogP contribution is -2.29. The van der Waals surface area contributed by atoms with Crippen molar-refractivity contribution in [3.63, 3.8) is 0 Å². The molecule has 7 nitrogen and oxygen atoms in total. The van der Waals surface area contributed by atoms with Gasteiger partial charge < -0.3 is 4.42 Å². The van der Waals surface area contributed by atoms with Gasteiger partial charge in [-0.05, 0) is 31.5 Å². The van der Waals surface area contributed by atoms with E-state index in [0.29, 0.717) is 22.1 Å². The van der Waals surface area contributed by atoms with Crippen LogP contribution in [0.5, 0.6) is 0 Å². The number of thiazole rings is 1. The third-order valence-electron chi connectivity index (χ3n) is 4.49. The molecule has 27 heavy (non-hydrogen) atoms. The van der Waals surface area contributed by atoms with Gasteiger partial charge in [0.25, 0.3) is 5.91 Å². The number of hydrazone groups is 1. The first kappa shape index (κ1) is 17.4. The molecular weight excluding hydrogens is 362 g/mol. The average Bonchev–Trinajstić information content (AvgIpc) is 3.40. The number of nitrogen functional groups attached to an aromatic ring is 1. The molecule has 1 aliphatic heterocycles. The molecule has 4 rings (SSSR count). The van der Waals surface area contributed by atoms with Gasteiger partial charge in [0.05, 0.1) is 17.7 Å². The fourth-order valence-corrected chi connectivity index (χ4v) is 4.04. The van der Waals surface area contributed by atoms with Gasteiger partial charge in [-0.1, -0.05) is 41.2 Å². The predicted octanol–water partition coefficient (Wildman–Crippen LogP) is 3.31. The van der Waals surface area contributed by atoms with Gasteiger partial charge in [-0.3, -0.25) is 10.2 Å². The first-order chi connectivity index (χ1) is 13.1. The lowest BCUT2D eigenvalue weighted by molar-refractivity contribution is 0.0957. The summed E-state index contributed by atoms with van der Waals surface area (Å²) in [5.74, 6) is 5.72. The fourth-order valence-electron chi connectivity index (χ4n) is 3.07. The Bertz CT molecular complexity index is 992. The van der Waals surface area contributed by atoms with E-state index in [-0.39, 0.29) is 11.9 Å². The van der Waals surface area contributed by atoms with Crippen LogP contribution >= 0.6 is 11.3 Å². The van der Waals surface area contributed by atoms with Crippen molar-refractivity contribution in [2.24, 2.45) is 10.9 Å². The number of benzene rings is 1. The number of hydrogen-bond acceptors (Lipinski definition) is 7. The molecule has 0 bridgehead atoms. The largest absolute Gasteiger partial charge is 0.467 e. The molecule has 1 atom stereocenters. The Morgan fingerprint density at radius 2 is 2.07 bits per heavy atom. The highest BCUT2D eigenvalue weighted by atomic mass is 32.1. The second kappa shape index (κ2) is 6.98. The van der Waals surface area contributed by atoms with Crippen molar-refractivity contribution in [1.82, 2.24) is 10.4 Å². The van der Waals surface area contributed by atoms with Crippen molar-refractivity contribution in [2.75, 3.05) is 5.01 Å². The number of amides is 1. The maximum atomic E-state index is 12.0. The number of nitrogens with zero attached hydrogens (tertiary/aromatic N) is 3. The lowest BCUT2D eigenvalue weighted by Gasteiger charge is -2.18. The first-order valence-corrected chi connectivity index (χ1v) is 9.34. The van der Waals surface area contributed by atoms with Crippen molar-refractivity contribution < 1.29 is 9.21 Å². The molecule has 2 aromatic heterocycles. The molecule has 8 heteroatoms. The van der Waals surface area contributed by atoms with Crippen LogP contribution in [0.1, 0.15) is 44.7 Å². The number of carbonyl (C=O) groups excluding carboxylic acids is 1. The van der Waals surface area contributed by atoms with Crippen LogP contribution in [0, 0.1) is 13.8 Å². The Labute approximate surface area is 160 Å². The van der Waals surface area contributed by atoms with E-state index in [9.17, 15) is 4.79 Å². The SMILES string of the molecule is Cc1ccc(C2=NN(c3nc(C)c(C(=O)NN)s3)C(c3ccco3)C2)cc1. The van der Waals surface area contributed by atoms with Crippen molar-refractivity contribution >= 4 is 28.1 Å². The monoisotopic (exact) mass is 381 g/mol. The number of aryl methyl sites for hydroxylation is 2. The summed E-state index contributed by atoms with van der Waals surface area (Å²) in [5.41, 5.74) is 6.00. The van der Waals surface area contributed by atoms with E-state index < -0.39 is 0 Å². The van der Waals surface area contributed by atoms with Gasteiger partial charge in [-0.15, -0.1) is 0 Å². The van der Waals surface area contributed by atoms with Gasteiger partial charge in [0, 0.05) is 6.42 Å². The molecule has 0 fully saturated rings. The van der Waals surface area contributed by atoms with Gasteiger partial charge in [0.1, 0.15) is 16.7 Å². The summed E-state index contributed by atoms with van der Waals surface area (Å²) in [7, 11) is 0. The Morgan fingerprint density at radius 3 is 2.74 bits per heavy atom. The van der Waals surface area contributed by atoms with Crippen LogP contribution in [-0.4, -0.2) is 16.6 Å². The third kappa shape index (κ3) is 3.24. The molecule has 0 saturated heterocycles. The number of hydrogen-bond donors (Lipinski definition) is 2. The van der Waals surface area contributed by atoms with Crippen molar-refractivity contribution in [3.8, 4) is 0 Å². The molecule has 0 radical (unpaired) electrons. The highest BCUT2D eigenvalue weighted by Crippen LogP contribution is 2.39. The standard InChI is InChI=1S/C19H19N5O2S/c1-11-5-7-13(8-6-11)14-10-15(16-4-3-9-26-16)24(23-14)19-21-12(2)17(27-19)18(25)22-20/h3-9,15H,10,20H2,1-2H3,(H,22,25). The summed E-state index contributed by atoms with van der Waals surface area (Å²) in [4.78, 5) is 17.0. The van der Waals surface area contributed by atoms with Crippen LogP contribution in [0.15, 0.2) is 52.2 Å². The minimum atomic E-state index is -0.354. The number of hydrazine groups is 1. The number of nitrogens with two attached hydrogens (primary N) is 1. The van der Waals surface area contributed by atoms with E-state index in [1.165, 1.54) is 16.9 Å². The molecule has 1 unspecified atom stereocenters. The Hall–Kier alpha value is -2.97. The van der Waals surface area contributed by atoms with Crippen molar-refractivity contribution in [3.05, 3.63) is 70.1 Å². The van der Waals surface area contributed by atoms with Crippen LogP contribution in [0.2, 0.25) is 0 Å². The third-order valence-corrected chi connectivity index (χ3v) is 5.63. The highest BCUT2D eigenvalue weighted by Gasteiger charge is 2.34. The Balaban J connectivity index is 1.74. The number of carbonyl (C=O) groups is 1. The summed E-state index contributed by atoms with van der Waals surface area (Å²) >= 11 is 1.26. The van der Waals surface area contributed by atoms with E-state index in [2.05, 4.69) is 41.6 Å². The van der Waals surface area contributed by atoms with Crippen molar-refractivity contribution in [1.29, 1.82) is 0 Å². The number of nitrogens with one attached hydrogen (secondary N) is 1. The maximum absolute atomic E-state index is 12.0. The van der Waals surface area contributed by atoms with Gasteiger partial charge in [-0.2, -0.15) is 5.10 Å². The summed E-state index contributed by atoms with van der Waals surface area (Å²) in [6.07, 6.45) is 2.34. The van der Waals surface area contributed by atoms with Gasteiger partial charge in [0.15, 0.2) is 0 Å². The maximum Gasteiger partial charge on any atom is 0.277 e. The van der Waals surface area contributed by atoms with E-state index >= 15 is 0 Å². The quantitative estimate of drug-likeness (QED) is 0.411. The molecule has 1 aliphatic rings. The van der Waals surface area contributed by atoms with Crippen LogP contribution in [0.25, 0.3) is 0 Å². The minimum Gasteiger partial charge on any atom is -0.467 e. The molecule has 3 heterocycles. The fraction of sp³-hybridized carbons (Fsp3) is 0.211. The van der Waals surface area contributed by atoms with Gasteiger partial charge in [-0.25, -0.2) is 15.8 Å². The Kier molecular flexibility index (Phi) is 4.51. The number of rotatable bonds is 4. The molecule has 3 aromatic rings. The molecule has 1 aromatic carbocycles.